The molecule has 0 aliphatic heterocycles. The summed E-state index contributed by atoms with van der Waals surface area (Å²) >= 11 is 1.88. The second-order valence-electron chi connectivity index (χ2n) is 4.88. The minimum Gasteiger partial charge on any atom is -0.315 e. The van der Waals surface area contributed by atoms with Crippen LogP contribution in [0, 0.1) is 0 Å². The molecule has 96 valence electrons. The molecular formula is C14H24N2S. The molecule has 0 bridgehead atoms. The standard InChI is InChI=1S/C14H24N2S/c1-2-3-8-15-9-10-16(13-6-7-13)12-14-5-4-11-17-14/h4-5,11,13,15H,2-3,6-10,12H2,1H3. The molecule has 1 aliphatic carbocycles. The fourth-order valence-electron chi connectivity index (χ4n) is 2.08. The molecule has 1 aromatic heterocycles. The summed E-state index contributed by atoms with van der Waals surface area (Å²) in [6, 6.07) is 5.28. The number of thiophene rings is 1. The van der Waals surface area contributed by atoms with E-state index in [4.69, 9.17) is 0 Å². The quantitative estimate of drug-likeness (QED) is 0.679. The van der Waals surface area contributed by atoms with Gasteiger partial charge in [0.15, 0.2) is 0 Å². The highest BCUT2D eigenvalue weighted by atomic mass is 32.1. The Morgan fingerprint density at radius 1 is 1.41 bits per heavy atom. The summed E-state index contributed by atoms with van der Waals surface area (Å²) in [6.07, 6.45) is 5.39. The van der Waals surface area contributed by atoms with Crippen LogP contribution in [0.15, 0.2) is 17.5 Å². The van der Waals surface area contributed by atoms with Crippen LogP contribution in [0.2, 0.25) is 0 Å². The Morgan fingerprint density at radius 2 is 2.29 bits per heavy atom. The molecule has 0 spiro atoms. The van der Waals surface area contributed by atoms with Gasteiger partial charge in [0, 0.05) is 30.6 Å². The zero-order chi connectivity index (χ0) is 11.9. The third-order valence-corrected chi connectivity index (χ3v) is 4.15. The second-order valence-corrected chi connectivity index (χ2v) is 5.92. The highest BCUT2D eigenvalue weighted by molar-refractivity contribution is 7.09. The fourth-order valence-corrected chi connectivity index (χ4v) is 2.81. The number of hydrogen-bond acceptors (Lipinski definition) is 3. The summed E-state index contributed by atoms with van der Waals surface area (Å²) in [5, 5.41) is 5.72. The molecule has 0 aromatic carbocycles. The molecule has 2 rings (SSSR count). The zero-order valence-corrected chi connectivity index (χ0v) is 11.6. The van der Waals surface area contributed by atoms with Crippen LogP contribution in [0.4, 0.5) is 0 Å². The molecule has 0 atom stereocenters. The van der Waals surface area contributed by atoms with Gasteiger partial charge in [0.05, 0.1) is 0 Å². The molecule has 0 amide bonds. The molecule has 1 heterocycles. The average molecular weight is 252 g/mol. The summed E-state index contributed by atoms with van der Waals surface area (Å²) in [5.41, 5.74) is 0. The SMILES string of the molecule is CCCCNCCN(Cc1cccs1)C1CC1. The molecular weight excluding hydrogens is 228 g/mol. The summed E-state index contributed by atoms with van der Waals surface area (Å²) in [6.45, 7) is 6.91. The van der Waals surface area contributed by atoms with Crippen molar-refractivity contribution < 1.29 is 0 Å². The van der Waals surface area contributed by atoms with Gasteiger partial charge in [0.25, 0.3) is 0 Å². The normalized spacial score (nSPS) is 15.6. The van der Waals surface area contributed by atoms with Gasteiger partial charge in [-0.1, -0.05) is 19.4 Å². The maximum absolute atomic E-state index is 3.54. The van der Waals surface area contributed by atoms with Crippen LogP contribution in [0.3, 0.4) is 0 Å². The first-order valence-electron chi connectivity index (χ1n) is 6.87. The van der Waals surface area contributed by atoms with E-state index in [1.807, 2.05) is 11.3 Å². The highest BCUT2D eigenvalue weighted by Crippen LogP contribution is 2.28. The van der Waals surface area contributed by atoms with Crippen LogP contribution in [-0.4, -0.2) is 30.6 Å². The van der Waals surface area contributed by atoms with E-state index in [0.717, 1.165) is 19.1 Å². The molecule has 17 heavy (non-hydrogen) atoms. The lowest BCUT2D eigenvalue weighted by atomic mass is 10.3. The van der Waals surface area contributed by atoms with Crippen molar-refractivity contribution in [3.05, 3.63) is 22.4 Å². The van der Waals surface area contributed by atoms with Crippen LogP contribution >= 0.6 is 11.3 Å². The predicted octanol–water partition coefficient (Wildman–Crippen LogP) is 3.10. The molecule has 0 radical (unpaired) electrons. The van der Waals surface area contributed by atoms with Gasteiger partial charge in [0.1, 0.15) is 0 Å². The largest absolute Gasteiger partial charge is 0.315 e. The topological polar surface area (TPSA) is 15.3 Å². The van der Waals surface area contributed by atoms with E-state index in [0.29, 0.717) is 0 Å². The number of hydrogen-bond donors (Lipinski definition) is 1. The summed E-state index contributed by atoms with van der Waals surface area (Å²) in [7, 11) is 0. The maximum Gasteiger partial charge on any atom is 0.0331 e. The van der Waals surface area contributed by atoms with Gasteiger partial charge in [-0.3, -0.25) is 4.90 Å². The first-order valence-corrected chi connectivity index (χ1v) is 7.75. The number of rotatable bonds is 9. The van der Waals surface area contributed by atoms with E-state index in [1.54, 1.807) is 0 Å². The molecule has 0 unspecified atom stereocenters. The molecule has 3 heteroatoms. The van der Waals surface area contributed by atoms with Crippen molar-refractivity contribution in [2.75, 3.05) is 19.6 Å². The van der Waals surface area contributed by atoms with Crippen molar-refractivity contribution >= 4 is 11.3 Å². The Kier molecular flexibility index (Phi) is 5.49. The smallest absolute Gasteiger partial charge is 0.0331 e. The lowest BCUT2D eigenvalue weighted by Crippen LogP contribution is -2.33. The Balaban J connectivity index is 1.66. The van der Waals surface area contributed by atoms with Gasteiger partial charge < -0.3 is 5.32 Å². The zero-order valence-electron chi connectivity index (χ0n) is 10.8. The van der Waals surface area contributed by atoms with Crippen LogP contribution in [0.1, 0.15) is 37.5 Å². The van der Waals surface area contributed by atoms with Gasteiger partial charge in [-0.2, -0.15) is 0 Å². The minimum atomic E-state index is 0.866. The van der Waals surface area contributed by atoms with Crippen molar-refractivity contribution in [1.82, 2.24) is 10.2 Å². The van der Waals surface area contributed by atoms with Crippen molar-refractivity contribution in [2.24, 2.45) is 0 Å². The first-order chi connectivity index (χ1) is 8.40. The second kappa shape index (κ2) is 7.14. The average Bonchev–Trinajstić information content (AvgIpc) is 3.06. The van der Waals surface area contributed by atoms with Gasteiger partial charge in [-0.05, 0) is 37.3 Å². The third-order valence-electron chi connectivity index (χ3n) is 3.29. The number of nitrogens with one attached hydrogen (secondary N) is 1. The van der Waals surface area contributed by atoms with E-state index in [1.165, 1.54) is 43.6 Å². The van der Waals surface area contributed by atoms with Crippen molar-refractivity contribution in [1.29, 1.82) is 0 Å². The molecule has 1 aliphatic rings. The summed E-state index contributed by atoms with van der Waals surface area (Å²) in [4.78, 5) is 4.15. The lowest BCUT2D eigenvalue weighted by molar-refractivity contribution is 0.256. The Bertz CT molecular complexity index is 293. The number of nitrogens with zero attached hydrogens (tertiary/aromatic N) is 1. The van der Waals surface area contributed by atoms with Crippen LogP contribution in [0.25, 0.3) is 0 Å². The molecule has 1 fully saturated rings. The van der Waals surface area contributed by atoms with Crippen molar-refractivity contribution in [3.63, 3.8) is 0 Å². The van der Waals surface area contributed by atoms with Gasteiger partial charge in [0.2, 0.25) is 0 Å². The van der Waals surface area contributed by atoms with E-state index in [9.17, 15) is 0 Å². The van der Waals surface area contributed by atoms with Gasteiger partial charge >= 0.3 is 0 Å². The molecule has 2 nitrogen and oxygen atoms in total. The third kappa shape index (κ3) is 4.78. The Morgan fingerprint density at radius 3 is 2.94 bits per heavy atom. The van der Waals surface area contributed by atoms with Crippen LogP contribution in [0.5, 0.6) is 0 Å². The monoisotopic (exact) mass is 252 g/mol. The van der Waals surface area contributed by atoms with Gasteiger partial charge in [-0.25, -0.2) is 0 Å². The van der Waals surface area contributed by atoms with Crippen molar-refractivity contribution in [3.8, 4) is 0 Å². The Hall–Kier alpha value is -0.380. The molecule has 1 N–H and O–H groups in total. The van der Waals surface area contributed by atoms with Crippen LogP contribution < -0.4 is 5.32 Å². The van der Waals surface area contributed by atoms with E-state index < -0.39 is 0 Å². The maximum atomic E-state index is 3.54. The van der Waals surface area contributed by atoms with Gasteiger partial charge in [-0.15, -0.1) is 11.3 Å². The summed E-state index contributed by atoms with van der Waals surface area (Å²) < 4.78 is 0. The molecule has 1 aromatic rings. The Labute approximate surface area is 109 Å². The molecule has 0 saturated heterocycles. The van der Waals surface area contributed by atoms with Crippen molar-refractivity contribution in [2.45, 2.75) is 45.2 Å². The lowest BCUT2D eigenvalue weighted by Gasteiger charge is -2.21. The summed E-state index contributed by atoms with van der Waals surface area (Å²) in [5.74, 6) is 0. The van der Waals surface area contributed by atoms with E-state index >= 15 is 0 Å². The predicted molar refractivity (Wildman–Crippen MR) is 75.5 cm³/mol. The van der Waals surface area contributed by atoms with E-state index in [2.05, 4.69) is 34.7 Å². The molecule has 1 saturated carbocycles. The fraction of sp³-hybridized carbons (Fsp3) is 0.714. The van der Waals surface area contributed by atoms with Crippen LogP contribution in [-0.2, 0) is 6.54 Å². The van der Waals surface area contributed by atoms with E-state index in [-0.39, 0.29) is 0 Å². The minimum absolute atomic E-state index is 0.866. The highest BCUT2D eigenvalue weighted by Gasteiger charge is 2.28. The first kappa shape index (κ1) is 13.1. The number of unbranched alkanes of at least 4 members (excludes halogenated alkanes) is 1.